The minimum atomic E-state index is -0.180. The van der Waals surface area contributed by atoms with Crippen LogP contribution >= 0.6 is 0 Å². The maximum absolute atomic E-state index is 13.1. The topological polar surface area (TPSA) is 74.5 Å². The van der Waals surface area contributed by atoms with Crippen molar-refractivity contribution in [2.45, 2.75) is 45.1 Å². The number of aromatic nitrogens is 3. The van der Waals surface area contributed by atoms with Crippen molar-refractivity contribution in [3.63, 3.8) is 0 Å². The average molecular weight is 383 g/mol. The fourth-order valence-electron chi connectivity index (χ4n) is 4.54. The molecule has 2 heterocycles. The number of anilines is 1. The molecular formula is C21H29N5O2. The highest BCUT2D eigenvalue weighted by molar-refractivity contribution is 5.68. The Balaban J connectivity index is 1.67. The van der Waals surface area contributed by atoms with Crippen LogP contribution in [0, 0.1) is 0 Å². The number of aryl methyl sites for hydroxylation is 1. The predicted molar refractivity (Wildman–Crippen MR) is 110 cm³/mol. The van der Waals surface area contributed by atoms with E-state index in [4.69, 9.17) is 0 Å². The molecule has 7 nitrogen and oxygen atoms in total. The molecule has 0 spiro atoms. The summed E-state index contributed by atoms with van der Waals surface area (Å²) in [6.45, 7) is 5.23. The van der Waals surface area contributed by atoms with E-state index in [-0.39, 0.29) is 17.4 Å². The number of phenols is 1. The van der Waals surface area contributed by atoms with Crippen molar-refractivity contribution in [3.8, 4) is 17.1 Å². The van der Waals surface area contributed by atoms with Crippen LogP contribution in [-0.4, -0.2) is 57.5 Å². The van der Waals surface area contributed by atoms with E-state index in [0.717, 1.165) is 57.3 Å². The Morgan fingerprint density at radius 1 is 1.25 bits per heavy atom. The molecule has 0 radical (unpaired) electrons. The highest BCUT2D eigenvalue weighted by Crippen LogP contribution is 2.37. The van der Waals surface area contributed by atoms with Crippen LogP contribution in [0.2, 0.25) is 0 Å². The first-order valence-electron chi connectivity index (χ1n) is 10.2. The summed E-state index contributed by atoms with van der Waals surface area (Å²) in [5, 5.41) is 19.4. The van der Waals surface area contributed by atoms with Gasteiger partial charge in [0, 0.05) is 26.7 Å². The molecule has 1 unspecified atom stereocenters. The molecule has 2 aromatic rings. The number of fused-ring (bicyclic) bond motifs is 1. The molecule has 1 aliphatic heterocycles. The lowest BCUT2D eigenvalue weighted by molar-refractivity contribution is 0.215. The number of likely N-dealkylation sites (N-methyl/N-ethyl adjacent to an activating group) is 2. The largest absolute Gasteiger partial charge is 0.507 e. The van der Waals surface area contributed by atoms with Crippen molar-refractivity contribution in [1.82, 2.24) is 19.7 Å². The number of hydrogen-bond donors (Lipinski definition) is 1. The van der Waals surface area contributed by atoms with Gasteiger partial charge in [-0.3, -0.25) is 9.36 Å². The number of benzene rings is 1. The summed E-state index contributed by atoms with van der Waals surface area (Å²) in [5.41, 5.74) is 2.57. The lowest BCUT2D eigenvalue weighted by Crippen LogP contribution is -2.48. The first kappa shape index (κ1) is 18.9. The monoisotopic (exact) mass is 383 g/mol. The quantitative estimate of drug-likeness (QED) is 0.870. The lowest BCUT2D eigenvalue weighted by Gasteiger charge is -2.37. The molecule has 1 N–H and O–H groups in total. The number of rotatable bonds is 4. The predicted octanol–water partition coefficient (Wildman–Crippen LogP) is 1.96. The molecule has 1 aromatic heterocycles. The molecule has 1 aromatic carbocycles. The molecule has 28 heavy (non-hydrogen) atoms. The van der Waals surface area contributed by atoms with Gasteiger partial charge in [0.1, 0.15) is 5.75 Å². The van der Waals surface area contributed by atoms with Crippen molar-refractivity contribution >= 4 is 5.82 Å². The van der Waals surface area contributed by atoms with Crippen molar-refractivity contribution in [2.75, 3.05) is 31.6 Å². The van der Waals surface area contributed by atoms with Crippen LogP contribution in [0.15, 0.2) is 16.9 Å². The van der Waals surface area contributed by atoms with Crippen LogP contribution in [0.25, 0.3) is 11.4 Å². The second-order valence-electron chi connectivity index (χ2n) is 7.96. The molecule has 4 rings (SSSR count). The van der Waals surface area contributed by atoms with Gasteiger partial charge in [0.2, 0.25) is 5.82 Å². The molecule has 150 valence electrons. The normalized spacial score (nSPS) is 19.6. The van der Waals surface area contributed by atoms with Gasteiger partial charge < -0.3 is 14.9 Å². The van der Waals surface area contributed by atoms with Gasteiger partial charge in [0.25, 0.3) is 5.56 Å². The molecule has 1 fully saturated rings. The Hall–Kier alpha value is -2.41. The summed E-state index contributed by atoms with van der Waals surface area (Å²) >= 11 is 0. The van der Waals surface area contributed by atoms with E-state index in [1.807, 2.05) is 24.1 Å². The Morgan fingerprint density at radius 2 is 2.07 bits per heavy atom. The minimum Gasteiger partial charge on any atom is -0.507 e. The number of hydrogen-bond acceptors (Lipinski definition) is 6. The second kappa shape index (κ2) is 7.54. The van der Waals surface area contributed by atoms with Gasteiger partial charge in [0.15, 0.2) is 5.82 Å². The Bertz CT molecular complexity index is 939. The van der Waals surface area contributed by atoms with Crippen LogP contribution in [-0.2, 0) is 19.9 Å². The Kier molecular flexibility index (Phi) is 5.10. The average Bonchev–Trinajstić information content (AvgIpc) is 3.20. The van der Waals surface area contributed by atoms with Crippen LogP contribution in [0.3, 0.4) is 0 Å². The van der Waals surface area contributed by atoms with E-state index in [1.54, 1.807) is 7.05 Å². The third kappa shape index (κ3) is 3.17. The van der Waals surface area contributed by atoms with Crippen molar-refractivity contribution in [2.24, 2.45) is 7.05 Å². The van der Waals surface area contributed by atoms with Crippen molar-refractivity contribution in [1.29, 1.82) is 0 Å². The zero-order valence-electron chi connectivity index (χ0n) is 17.0. The number of likely N-dealkylation sites (tertiary alicyclic amines) is 1. The Labute approximate surface area is 165 Å². The first-order valence-corrected chi connectivity index (χ1v) is 10.2. The standard InChI is InChI=1S/C21H29N5O2/c1-4-26-12-6-8-15(13-26)24(2)20-21(28)25(3)19(22-23-20)17-11-10-14-7-5-9-16(14)18(17)27/h10-11,15,27H,4-9,12-13H2,1-3H3. The summed E-state index contributed by atoms with van der Waals surface area (Å²) < 4.78 is 1.51. The fraction of sp³-hybridized carbons (Fsp3) is 0.571. The summed E-state index contributed by atoms with van der Waals surface area (Å²) in [6, 6.07) is 4.15. The maximum atomic E-state index is 13.1. The molecule has 1 aliphatic carbocycles. The minimum absolute atomic E-state index is 0.180. The van der Waals surface area contributed by atoms with E-state index < -0.39 is 0 Å². The molecule has 1 atom stereocenters. The van der Waals surface area contributed by atoms with Crippen molar-refractivity contribution in [3.05, 3.63) is 33.6 Å². The van der Waals surface area contributed by atoms with Gasteiger partial charge in [0.05, 0.1) is 5.56 Å². The highest BCUT2D eigenvalue weighted by atomic mass is 16.3. The molecule has 2 aliphatic rings. The molecule has 0 saturated carbocycles. The van der Waals surface area contributed by atoms with Crippen LogP contribution in [0.4, 0.5) is 5.82 Å². The van der Waals surface area contributed by atoms with Gasteiger partial charge in [-0.05, 0) is 62.4 Å². The summed E-state index contributed by atoms with van der Waals surface area (Å²) in [4.78, 5) is 17.4. The van der Waals surface area contributed by atoms with Crippen LogP contribution in [0.1, 0.15) is 37.3 Å². The number of piperidine rings is 1. The second-order valence-corrected chi connectivity index (χ2v) is 7.96. The lowest BCUT2D eigenvalue weighted by atomic mass is 10.0. The molecule has 0 amide bonds. The van der Waals surface area contributed by atoms with E-state index in [0.29, 0.717) is 17.2 Å². The van der Waals surface area contributed by atoms with E-state index in [1.165, 1.54) is 10.1 Å². The summed E-state index contributed by atoms with van der Waals surface area (Å²) in [7, 11) is 3.64. The number of aromatic hydroxyl groups is 1. The highest BCUT2D eigenvalue weighted by Gasteiger charge is 2.27. The molecule has 7 heteroatoms. The maximum Gasteiger partial charge on any atom is 0.296 e. The zero-order chi connectivity index (χ0) is 19.8. The van der Waals surface area contributed by atoms with Crippen molar-refractivity contribution < 1.29 is 5.11 Å². The van der Waals surface area contributed by atoms with E-state index >= 15 is 0 Å². The zero-order valence-corrected chi connectivity index (χ0v) is 17.0. The number of phenolic OH excluding ortho intramolecular Hbond substituents is 1. The van der Waals surface area contributed by atoms with Gasteiger partial charge >= 0.3 is 0 Å². The number of nitrogens with zero attached hydrogens (tertiary/aromatic N) is 5. The smallest absolute Gasteiger partial charge is 0.296 e. The van der Waals surface area contributed by atoms with Crippen LogP contribution in [0.5, 0.6) is 5.75 Å². The third-order valence-electron chi connectivity index (χ3n) is 6.36. The fourth-order valence-corrected chi connectivity index (χ4v) is 4.54. The van der Waals surface area contributed by atoms with E-state index in [9.17, 15) is 9.90 Å². The third-order valence-corrected chi connectivity index (χ3v) is 6.36. The molecular weight excluding hydrogens is 354 g/mol. The summed E-state index contributed by atoms with van der Waals surface area (Å²) in [6.07, 6.45) is 5.08. The van der Waals surface area contributed by atoms with Gasteiger partial charge in [-0.15, -0.1) is 10.2 Å². The van der Waals surface area contributed by atoms with E-state index in [2.05, 4.69) is 22.0 Å². The SMILES string of the molecule is CCN1CCCC(N(C)c2nnc(-c3ccc4c(c3O)CCC4)n(C)c2=O)C1. The molecule has 1 saturated heterocycles. The van der Waals surface area contributed by atoms with Gasteiger partial charge in [-0.1, -0.05) is 13.0 Å². The molecule has 0 bridgehead atoms. The summed E-state index contributed by atoms with van der Waals surface area (Å²) in [5.74, 6) is 1.02. The Morgan fingerprint density at radius 3 is 2.86 bits per heavy atom. The van der Waals surface area contributed by atoms with Gasteiger partial charge in [-0.25, -0.2) is 0 Å². The van der Waals surface area contributed by atoms with Gasteiger partial charge in [-0.2, -0.15) is 0 Å². The first-order chi connectivity index (χ1) is 13.5. The van der Waals surface area contributed by atoms with Crippen LogP contribution < -0.4 is 10.5 Å².